The van der Waals surface area contributed by atoms with Gasteiger partial charge in [0, 0.05) is 6.42 Å². The Morgan fingerprint density at radius 3 is 2.54 bits per heavy atom. The van der Waals surface area contributed by atoms with Crippen LogP contribution in [-0.2, 0) is 14.4 Å². The molecule has 2 aromatic rings. The number of fused-ring (bicyclic) bond motifs is 1. The van der Waals surface area contributed by atoms with Crippen molar-refractivity contribution < 1.29 is 24.2 Å². The minimum Gasteiger partial charge on any atom is -0.481 e. The number of carbonyl (C=O) groups is 3. The Balaban J connectivity index is 1.75. The second-order valence-electron chi connectivity index (χ2n) is 6.62. The molecule has 146 valence electrons. The Kier molecular flexibility index (Phi) is 5.93. The van der Waals surface area contributed by atoms with Crippen LogP contribution in [0.4, 0.5) is 5.69 Å². The molecule has 3 rings (SSSR count). The van der Waals surface area contributed by atoms with Crippen LogP contribution >= 0.6 is 0 Å². The maximum absolute atomic E-state index is 12.7. The molecule has 7 heteroatoms. The van der Waals surface area contributed by atoms with Crippen molar-refractivity contribution in [1.82, 2.24) is 5.32 Å². The number of carboxylic acid groups (broad SMARTS) is 1. The zero-order valence-electron chi connectivity index (χ0n) is 15.5. The Morgan fingerprint density at radius 1 is 1.14 bits per heavy atom. The van der Waals surface area contributed by atoms with Gasteiger partial charge in [-0.1, -0.05) is 42.5 Å². The van der Waals surface area contributed by atoms with E-state index >= 15 is 0 Å². The van der Waals surface area contributed by atoms with E-state index in [-0.39, 0.29) is 31.2 Å². The monoisotopic (exact) mass is 382 g/mol. The molecule has 0 spiro atoms. The third kappa shape index (κ3) is 4.49. The van der Waals surface area contributed by atoms with E-state index in [4.69, 9.17) is 9.84 Å². The van der Waals surface area contributed by atoms with Gasteiger partial charge in [0.25, 0.3) is 5.91 Å². The summed E-state index contributed by atoms with van der Waals surface area (Å²) in [5, 5.41) is 11.9. The molecule has 2 atom stereocenters. The summed E-state index contributed by atoms with van der Waals surface area (Å²) in [6.45, 7) is 1.47. The van der Waals surface area contributed by atoms with Gasteiger partial charge >= 0.3 is 5.97 Å². The van der Waals surface area contributed by atoms with Crippen molar-refractivity contribution >= 4 is 23.5 Å². The first-order valence-corrected chi connectivity index (χ1v) is 9.09. The number of rotatable bonds is 7. The van der Waals surface area contributed by atoms with Crippen LogP contribution in [-0.4, -0.2) is 35.5 Å². The highest BCUT2D eigenvalue weighted by molar-refractivity contribution is 6.03. The molecule has 2 aromatic carbocycles. The lowest BCUT2D eigenvalue weighted by atomic mass is 10.0. The number of benzene rings is 2. The number of aliphatic carboxylic acids is 1. The van der Waals surface area contributed by atoms with Crippen molar-refractivity contribution in [2.75, 3.05) is 11.4 Å². The number of anilines is 1. The summed E-state index contributed by atoms with van der Waals surface area (Å²) in [5.41, 5.74) is 1.36. The third-order valence-electron chi connectivity index (χ3n) is 4.56. The van der Waals surface area contributed by atoms with Gasteiger partial charge in [-0.2, -0.15) is 0 Å². The highest BCUT2D eigenvalue weighted by Gasteiger charge is 2.32. The Labute approximate surface area is 162 Å². The van der Waals surface area contributed by atoms with Crippen LogP contribution in [0, 0.1) is 0 Å². The Hall–Kier alpha value is -3.35. The summed E-state index contributed by atoms with van der Waals surface area (Å²) in [6.07, 6.45) is -0.495. The Bertz CT molecular complexity index is 868. The number of carboxylic acids is 1. The van der Waals surface area contributed by atoms with E-state index in [2.05, 4.69) is 5.32 Å². The molecule has 0 aliphatic carbocycles. The highest BCUT2D eigenvalue weighted by Crippen LogP contribution is 2.33. The molecule has 1 aliphatic heterocycles. The average Bonchev–Trinajstić information content (AvgIpc) is 2.69. The van der Waals surface area contributed by atoms with Gasteiger partial charge in [0.2, 0.25) is 5.91 Å². The lowest BCUT2D eigenvalue weighted by Crippen LogP contribution is -2.49. The fourth-order valence-corrected chi connectivity index (χ4v) is 3.18. The molecule has 7 nitrogen and oxygen atoms in total. The molecular formula is C21H22N2O5. The molecule has 1 aliphatic rings. The first-order chi connectivity index (χ1) is 13.5. The number of nitrogens with one attached hydrogen (secondary N) is 1. The van der Waals surface area contributed by atoms with Crippen molar-refractivity contribution in [3.8, 4) is 5.75 Å². The fraction of sp³-hybridized carbons (Fsp3) is 0.286. The van der Waals surface area contributed by atoms with Crippen LogP contribution in [0.5, 0.6) is 5.75 Å². The van der Waals surface area contributed by atoms with Crippen molar-refractivity contribution in [2.45, 2.75) is 31.9 Å². The minimum atomic E-state index is -0.929. The summed E-state index contributed by atoms with van der Waals surface area (Å²) >= 11 is 0. The summed E-state index contributed by atoms with van der Waals surface area (Å²) in [4.78, 5) is 37.6. The molecule has 2 amide bonds. The van der Waals surface area contributed by atoms with E-state index in [9.17, 15) is 14.4 Å². The molecular weight excluding hydrogens is 360 g/mol. The van der Waals surface area contributed by atoms with Gasteiger partial charge in [-0.3, -0.25) is 19.3 Å². The molecule has 0 aromatic heterocycles. The second kappa shape index (κ2) is 8.56. The third-order valence-corrected chi connectivity index (χ3v) is 4.56. The van der Waals surface area contributed by atoms with Gasteiger partial charge < -0.3 is 15.2 Å². The minimum absolute atomic E-state index is 0.0732. The topological polar surface area (TPSA) is 95.9 Å². The van der Waals surface area contributed by atoms with Gasteiger partial charge in [0.15, 0.2) is 6.10 Å². The van der Waals surface area contributed by atoms with Crippen LogP contribution in [0.25, 0.3) is 0 Å². The van der Waals surface area contributed by atoms with Crippen LogP contribution in [0.15, 0.2) is 54.6 Å². The van der Waals surface area contributed by atoms with Gasteiger partial charge in [-0.05, 0) is 31.0 Å². The zero-order chi connectivity index (χ0) is 20.1. The van der Waals surface area contributed by atoms with Crippen molar-refractivity contribution in [3.63, 3.8) is 0 Å². The van der Waals surface area contributed by atoms with E-state index < -0.39 is 18.1 Å². The molecule has 2 N–H and O–H groups in total. The number of amides is 2. The van der Waals surface area contributed by atoms with E-state index in [1.165, 1.54) is 4.90 Å². The lowest BCUT2D eigenvalue weighted by Gasteiger charge is -2.33. The molecule has 0 unspecified atom stereocenters. The highest BCUT2D eigenvalue weighted by atomic mass is 16.5. The van der Waals surface area contributed by atoms with Crippen molar-refractivity contribution in [1.29, 1.82) is 0 Å². The molecule has 1 heterocycles. The van der Waals surface area contributed by atoms with E-state index in [0.717, 1.165) is 5.56 Å². The molecule has 0 fully saturated rings. The van der Waals surface area contributed by atoms with Crippen LogP contribution in [0.3, 0.4) is 0 Å². The first-order valence-electron chi connectivity index (χ1n) is 9.09. The van der Waals surface area contributed by atoms with E-state index in [1.54, 1.807) is 31.2 Å². The largest absolute Gasteiger partial charge is 0.481 e. The maximum atomic E-state index is 12.7. The van der Waals surface area contributed by atoms with E-state index in [0.29, 0.717) is 11.4 Å². The SMILES string of the molecule is C[C@H]1Oc2ccccc2N(CC(=O)N[C@H](CCC(=O)O)c2ccccc2)C1=O. The predicted molar refractivity (Wildman–Crippen MR) is 103 cm³/mol. The van der Waals surface area contributed by atoms with Gasteiger partial charge in [0.05, 0.1) is 11.7 Å². The Morgan fingerprint density at radius 2 is 1.82 bits per heavy atom. The quantitative estimate of drug-likeness (QED) is 0.767. The fourth-order valence-electron chi connectivity index (χ4n) is 3.18. The van der Waals surface area contributed by atoms with E-state index in [1.807, 2.05) is 30.3 Å². The first kappa shape index (κ1) is 19.4. The normalized spacial score (nSPS) is 16.7. The summed E-state index contributed by atoms with van der Waals surface area (Å²) in [6, 6.07) is 15.8. The molecule has 0 radical (unpaired) electrons. The average molecular weight is 382 g/mol. The number of para-hydroxylation sites is 2. The molecule has 0 saturated heterocycles. The number of hydrogen-bond acceptors (Lipinski definition) is 4. The van der Waals surface area contributed by atoms with Crippen molar-refractivity contribution in [2.24, 2.45) is 0 Å². The summed E-state index contributed by atoms with van der Waals surface area (Å²) < 4.78 is 5.58. The number of hydrogen-bond donors (Lipinski definition) is 2. The van der Waals surface area contributed by atoms with Crippen LogP contribution < -0.4 is 15.0 Å². The van der Waals surface area contributed by atoms with Crippen LogP contribution in [0.1, 0.15) is 31.4 Å². The predicted octanol–water partition coefficient (Wildman–Crippen LogP) is 2.52. The lowest BCUT2D eigenvalue weighted by molar-refractivity contribution is -0.137. The number of ether oxygens (including phenoxy) is 1. The standard InChI is InChI=1S/C21H22N2O5/c1-14-21(27)23(17-9-5-6-10-18(17)28-14)13-19(24)22-16(11-12-20(25)26)15-7-3-2-4-8-15/h2-10,14,16H,11-13H2,1H3,(H,22,24)(H,25,26)/t14-,16-/m1/s1. The van der Waals surface area contributed by atoms with Gasteiger partial charge in [0.1, 0.15) is 12.3 Å². The molecule has 0 bridgehead atoms. The number of carbonyl (C=O) groups excluding carboxylic acids is 2. The second-order valence-corrected chi connectivity index (χ2v) is 6.62. The number of nitrogens with zero attached hydrogens (tertiary/aromatic N) is 1. The molecule has 28 heavy (non-hydrogen) atoms. The van der Waals surface area contributed by atoms with Gasteiger partial charge in [-0.25, -0.2) is 0 Å². The summed E-state index contributed by atoms with van der Waals surface area (Å²) in [5.74, 6) is -1.04. The molecule has 0 saturated carbocycles. The van der Waals surface area contributed by atoms with Crippen LogP contribution in [0.2, 0.25) is 0 Å². The summed E-state index contributed by atoms with van der Waals surface area (Å²) in [7, 11) is 0. The van der Waals surface area contributed by atoms with Gasteiger partial charge in [-0.15, -0.1) is 0 Å². The maximum Gasteiger partial charge on any atom is 0.303 e. The smallest absolute Gasteiger partial charge is 0.303 e. The van der Waals surface area contributed by atoms with Crippen molar-refractivity contribution in [3.05, 3.63) is 60.2 Å². The zero-order valence-corrected chi connectivity index (χ0v) is 15.5.